The summed E-state index contributed by atoms with van der Waals surface area (Å²) in [5, 5.41) is 8.34. The van der Waals surface area contributed by atoms with Crippen molar-refractivity contribution in [3.8, 4) is 22.4 Å². The van der Waals surface area contributed by atoms with Crippen LogP contribution in [-0.4, -0.2) is 32.8 Å². The smallest absolute Gasteiger partial charge is 0.383 e. The largest absolute Gasteiger partial charge is 0.417 e. The van der Waals surface area contributed by atoms with E-state index in [1.165, 1.54) is 18.3 Å². The van der Waals surface area contributed by atoms with Gasteiger partial charge in [0.25, 0.3) is 0 Å². The second-order valence-corrected chi connectivity index (χ2v) is 7.94. The van der Waals surface area contributed by atoms with Crippen LogP contribution in [0.4, 0.5) is 19.0 Å². The van der Waals surface area contributed by atoms with Crippen LogP contribution in [0.25, 0.3) is 33.2 Å². The number of alkyl halides is 3. The Balaban J connectivity index is 1.55. The molecule has 0 radical (unpaired) electrons. The first kappa shape index (κ1) is 20.4. The molecule has 0 amide bonds. The zero-order valence-electron chi connectivity index (χ0n) is 17.1. The molecule has 0 spiro atoms. The van der Waals surface area contributed by atoms with Crippen LogP contribution in [0.3, 0.4) is 0 Å². The molecule has 1 fully saturated rings. The molecule has 0 saturated carbocycles. The Morgan fingerprint density at radius 3 is 2.59 bits per heavy atom. The van der Waals surface area contributed by atoms with Crippen LogP contribution in [0.5, 0.6) is 0 Å². The van der Waals surface area contributed by atoms with E-state index >= 15 is 0 Å². The van der Waals surface area contributed by atoms with Gasteiger partial charge in [0, 0.05) is 40.7 Å². The molecule has 164 valence electrons. The number of nitrogen functional groups attached to an aromatic ring is 1. The molecular formula is C23H21F3N6. The molecule has 1 saturated heterocycles. The lowest BCUT2D eigenvalue weighted by molar-refractivity contribution is -0.136. The predicted octanol–water partition coefficient (Wildman–Crippen LogP) is 4.69. The van der Waals surface area contributed by atoms with Gasteiger partial charge in [0.1, 0.15) is 5.82 Å². The number of nitrogens with one attached hydrogen (secondary N) is 1. The third-order valence-corrected chi connectivity index (χ3v) is 5.88. The maximum Gasteiger partial charge on any atom is 0.417 e. The fraction of sp³-hybridized carbons (Fsp3) is 0.261. The first-order valence-electron chi connectivity index (χ1n) is 10.4. The van der Waals surface area contributed by atoms with E-state index in [0.717, 1.165) is 43.1 Å². The van der Waals surface area contributed by atoms with Gasteiger partial charge in [-0.05, 0) is 49.5 Å². The first-order chi connectivity index (χ1) is 15.4. The molecule has 6 nitrogen and oxygen atoms in total. The molecule has 3 N–H and O–H groups in total. The molecule has 0 unspecified atom stereocenters. The summed E-state index contributed by atoms with van der Waals surface area (Å²) in [4.78, 5) is 8.63. The molecule has 4 heterocycles. The van der Waals surface area contributed by atoms with Gasteiger partial charge in [-0.25, -0.2) is 4.98 Å². The molecular weight excluding hydrogens is 417 g/mol. The zero-order valence-corrected chi connectivity index (χ0v) is 17.1. The van der Waals surface area contributed by atoms with Crippen LogP contribution >= 0.6 is 0 Å². The number of fused-ring (bicyclic) bond motifs is 1. The lowest BCUT2D eigenvalue weighted by Gasteiger charge is -2.22. The summed E-state index contributed by atoms with van der Waals surface area (Å²) in [6.07, 6.45) is 4.37. The third kappa shape index (κ3) is 3.80. The van der Waals surface area contributed by atoms with Crippen molar-refractivity contribution in [3.63, 3.8) is 0 Å². The number of nitrogens with two attached hydrogens (primary N) is 1. The summed E-state index contributed by atoms with van der Waals surface area (Å²) in [5.41, 5.74) is 7.85. The summed E-state index contributed by atoms with van der Waals surface area (Å²) in [7, 11) is 0. The number of piperidine rings is 1. The van der Waals surface area contributed by atoms with Crippen molar-refractivity contribution in [2.24, 2.45) is 0 Å². The molecule has 4 aromatic rings. The molecule has 0 bridgehead atoms. The summed E-state index contributed by atoms with van der Waals surface area (Å²) >= 11 is 0. The quantitative estimate of drug-likeness (QED) is 0.485. The molecule has 0 aliphatic carbocycles. The van der Waals surface area contributed by atoms with Gasteiger partial charge >= 0.3 is 6.18 Å². The number of benzene rings is 1. The van der Waals surface area contributed by atoms with Gasteiger partial charge in [-0.15, -0.1) is 0 Å². The topological polar surface area (TPSA) is 81.6 Å². The van der Waals surface area contributed by atoms with Crippen molar-refractivity contribution < 1.29 is 13.2 Å². The van der Waals surface area contributed by atoms with Crippen LogP contribution < -0.4 is 11.1 Å². The number of rotatable bonds is 3. The lowest BCUT2D eigenvalue weighted by Crippen LogP contribution is -2.29. The van der Waals surface area contributed by atoms with Gasteiger partial charge in [-0.2, -0.15) is 18.3 Å². The van der Waals surface area contributed by atoms with Crippen molar-refractivity contribution in [2.75, 3.05) is 18.8 Å². The van der Waals surface area contributed by atoms with E-state index in [2.05, 4.69) is 20.4 Å². The van der Waals surface area contributed by atoms with Gasteiger partial charge in [-0.3, -0.25) is 9.67 Å². The Bertz CT molecular complexity index is 1270. The molecule has 5 rings (SSSR count). The van der Waals surface area contributed by atoms with E-state index in [1.807, 2.05) is 10.9 Å². The van der Waals surface area contributed by atoms with E-state index in [4.69, 9.17) is 5.73 Å². The normalized spacial score (nSPS) is 15.3. The molecule has 32 heavy (non-hydrogen) atoms. The van der Waals surface area contributed by atoms with Crippen molar-refractivity contribution in [1.29, 1.82) is 0 Å². The zero-order chi connectivity index (χ0) is 22.3. The van der Waals surface area contributed by atoms with Gasteiger partial charge in [0.2, 0.25) is 0 Å². The first-order valence-corrected chi connectivity index (χ1v) is 10.4. The average molecular weight is 438 g/mol. The summed E-state index contributed by atoms with van der Waals surface area (Å²) in [6.45, 7) is 1.92. The van der Waals surface area contributed by atoms with Crippen LogP contribution in [0.2, 0.25) is 0 Å². The highest BCUT2D eigenvalue weighted by Crippen LogP contribution is 2.37. The number of halogens is 3. The van der Waals surface area contributed by atoms with Crippen LogP contribution in [0.15, 0.2) is 55.1 Å². The minimum atomic E-state index is -4.47. The van der Waals surface area contributed by atoms with Crippen molar-refractivity contribution in [1.82, 2.24) is 25.1 Å². The van der Waals surface area contributed by atoms with Crippen LogP contribution in [0.1, 0.15) is 24.4 Å². The number of hydrogen-bond acceptors (Lipinski definition) is 5. The molecule has 1 aliphatic rings. The predicted molar refractivity (Wildman–Crippen MR) is 117 cm³/mol. The highest BCUT2D eigenvalue weighted by atomic mass is 19.4. The summed E-state index contributed by atoms with van der Waals surface area (Å²) in [6, 6.07) is 7.62. The highest BCUT2D eigenvalue weighted by Gasteiger charge is 2.32. The van der Waals surface area contributed by atoms with Gasteiger partial charge < -0.3 is 11.1 Å². The van der Waals surface area contributed by atoms with Crippen molar-refractivity contribution in [2.45, 2.75) is 25.1 Å². The van der Waals surface area contributed by atoms with Gasteiger partial charge in [0.05, 0.1) is 23.5 Å². The third-order valence-electron chi connectivity index (χ3n) is 5.88. The SMILES string of the molecule is Nc1ncc(-c2cnn(C3CCNCC3)c2)cc1-c1cc2c(C(F)(F)F)cccc2cn1. The minimum absolute atomic E-state index is 0.0773. The van der Waals surface area contributed by atoms with Gasteiger partial charge in [-0.1, -0.05) is 12.1 Å². The van der Waals surface area contributed by atoms with E-state index in [0.29, 0.717) is 22.7 Å². The van der Waals surface area contributed by atoms with Crippen molar-refractivity contribution in [3.05, 3.63) is 60.7 Å². The minimum Gasteiger partial charge on any atom is -0.383 e. The fourth-order valence-corrected chi connectivity index (χ4v) is 4.16. The van der Waals surface area contributed by atoms with Crippen LogP contribution in [-0.2, 0) is 6.18 Å². The second-order valence-electron chi connectivity index (χ2n) is 7.94. The van der Waals surface area contributed by atoms with E-state index in [1.54, 1.807) is 24.5 Å². The lowest BCUT2D eigenvalue weighted by atomic mass is 10.0. The van der Waals surface area contributed by atoms with Crippen LogP contribution in [0, 0.1) is 0 Å². The second kappa shape index (κ2) is 7.90. The summed E-state index contributed by atoms with van der Waals surface area (Å²) in [5.74, 6) is 0.204. The number of pyridine rings is 2. The number of nitrogens with zero attached hydrogens (tertiary/aromatic N) is 4. The maximum absolute atomic E-state index is 13.5. The Labute approximate surface area is 182 Å². The Kier molecular flexibility index (Phi) is 5.05. The summed E-state index contributed by atoms with van der Waals surface area (Å²) < 4.78 is 42.5. The monoisotopic (exact) mass is 438 g/mol. The number of aromatic nitrogens is 4. The van der Waals surface area contributed by atoms with E-state index < -0.39 is 11.7 Å². The highest BCUT2D eigenvalue weighted by molar-refractivity contribution is 5.90. The van der Waals surface area contributed by atoms with Gasteiger partial charge in [0.15, 0.2) is 0 Å². The fourth-order valence-electron chi connectivity index (χ4n) is 4.16. The molecule has 3 aromatic heterocycles. The van der Waals surface area contributed by atoms with Crippen molar-refractivity contribution >= 4 is 16.6 Å². The number of hydrogen-bond donors (Lipinski definition) is 2. The molecule has 1 aliphatic heterocycles. The maximum atomic E-state index is 13.5. The molecule has 9 heteroatoms. The Hall–Kier alpha value is -3.46. The standard InChI is InChI=1S/C23H21F3N6/c24-23(25,26)20-3-1-2-14-10-29-21(9-18(14)20)19-8-15(11-30-22(19)27)16-12-31-32(13-16)17-4-6-28-7-5-17/h1-3,8-13,17,28H,4-7H2,(H2,27,30). The Morgan fingerprint density at radius 2 is 1.81 bits per heavy atom. The molecule has 1 aromatic carbocycles. The van der Waals surface area contributed by atoms with E-state index in [-0.39, 0.29) is 11.2 Å². The Morgan fingerprint density at radius 1 is 1.00 bits per heavy atom. The molecule has 0 atom stereocenters. The average Bonchev–Trinajstić information content (AvgIpc) is 3.29. The van der Waals surface area contributed by atoms with E-state index in [9.17, 15) is 13.2 Å². The number of anilines is 1.